The number of halogens is 1. The third-order valence-corrected chi connectivity index (χ3v) is 4.81. The number of nitrogens with one attached hydrogen (secondary N) is 1. The summed E-state index contributed by atoms with van der Waals surface area (Å²) in [5.74, 6) is 0.100. The number of fused-ring (bicyclic) bond motifs is 1. The normalized spacial score (nSPS) is 17.5. The number of carbonyl (C=O) groups is 1. The molecule has 1 aliphatic rings. The molecular weight excluding hydrogens is 324 g/mol. The lowest BCUT2D eigenvalue weighted by molar-refractivity contribution is -0.121. The number of aromatic nitrogens is 1. The first-order valence-corrected chi connectivity index (χ1v) is 8.82. The standard InChI is InChI=1S/C18H23ClN4O/c1-2-16(24)22-13-6-9-23(11-13)18-12(5-7-20)10-15(19)14-4-3-8-21-17(14)18/h3-4,8,10,13H,2,5-7,9,11,20H2,1H3,(H,22,24). The highest BCUT2D eigenvalue weighted by Crippen LogP contribution is 2.36. The lowest BCUT2D eigenvalue weighted by Crippen LogP contribution is -2.36. The van der Waals surface area contributed by atoms with E-state index >= 15 is 0 Å². The average Bonchev–Trinajstić information content (AvgIpc) is 3.03. The van der Waals surface area contributed by atoms with Crippen molar-refractivity contribution in [3.05, 3.63) is 35.0 Å². The highest BCUT2D eigenvalue weighted by atomic mass is 35.5. The van der Waals surface area contributed by atoms with Crippen LogP contribution in [0, 0.1) is 0 Å². The number of rotatable bonds is 5. The number of nitrogens with zero attached hydrogens (tertiary/aromatic N) is 2. The Balaban J connectivity index is 1.97. The van der Waals surface area contributed by atoms with Crippen LogP contribution in [0.15, 0.2) is 24.4 Å². The van der Waals surface area contributed by atoms with Gasteiger partial charge in [0.25, 0.3) is 0 Å². The quantitative estimate of drug-likeness (QED) is 0.872. The van der Waals surface area contributed by atoms with Crippen LogP contribution >= 0.6 is 11.6 Å². The van der Waals surface area contributed by atoms with Gasteiger partial charge in [-0.25, -0.2) is 0 Å². The Morgan fingerprint density at radius 2 is 2.38 bits per heavy atom. The number of amides is 1. The minimum atomic E-state index is 0.100. The molecular formula is C18H23ClN4O. The molecule has 0 saturated carbocycles. The molecule has 2 heterocycles. The Kier molecular flexibility index (Phi) is 5.21. The fourth-order valence-corrected chi connectivity index (χ4v) is 3.63. The summed E-state index contributed by atoms with van der Waals surface area (Å²) in [5.41, 5.74) is 8.93. The first kappa shape index (κ1) is 17.0. The molecule has 0 bridgehead atoms. The van der Waals surface area contributed by atoms with Crippen molar-refractivity contribution in [2.45, 2.75) is 32.2 Å². The van der Waals surface area contributed by atoms with Crippen molar-refractivity contribution in [2.75, 3.05) is 24.5 Å². The van der Waals surface area contributed by atoms with E-state index in [-0.39, 0.29) is 11.9 Å². The monoisotopic (exact) mass is 346 g/mol. The van der Waals surface area contributed by atoms with Crippen molar-refractivity contribution in [3.8, 4) is 0 Å². The SMILES string of the molecule is CCC(=O)NC1CCN(c2c(CCN)cc(Cl)c3cccnc23)C1. The maximum absolute atomic E-state index is 11.7. The van der Waals surface area contributed by atoms with Crippen LogP contribution in [0.2, 0.25) is 5.02 Å². The zero-order chi connectivity index (χ0) is 17.1. The first-order chi connectivity index (χ1) is 11.6. The van der Waals surface area contributed by atoms with Crippen LogP contribution in [0.4, 0.5) is 5.69 Å². The van der Waals surface area contributed by atoms with Gasteiger partial charge in [-0.2, -0.15) is 0 Å². The van der Waals surface area contributed by atoms with Crippen molar-refractivity contribution >= 4 is 34.1 Å². The maximum atomic E-state index is 11.7. The van der Waals surface area contributed by atoms with E-state index in [0.717, 1.165) is 48.1 Å². The van der Waals surface area contributed by atoms with E-state index in [1.165, 1.54) is 0 Å². The van der Waals surface area contributed by atoms with Gasteiger partial charge in [-0.3, -0.25) is 9.78 Å². The third-order valence-electron chi connectivity index (χ3n) is 4.50. The molecule has 5 nitrogen and oxygen atoms in total. The number of benzene rings is 1. The summed E-state index contributed by atoms with van der Waals surface area (Å²) in [6.45, 7) is 4.11. The Hall–Kier alpha value is -1.85. The molecule has 1 fully saturated rings. The van der Waals surface area contributed by atoms with Crippen LogP contribution < -0.4 is 16.0 Å². The zero-order valence-corrected chi connectivity index (χ0v) is 14.6. The smallest absolute Gasteiger partial charge is 0.219 e. The second-order valence-corrected chi connectivity index (χ2v) is 6.56. The molecule has 1 saturated heterocycles. The Morgan fingerprint density at radius 1 is 1.54 bits per heavy atom. The van der Waals surface area contributed by atoms with Gasteiger partial charge in [0.05, 0.1) is 16.2 Å². The van der Waals surface area contributed by atoms with E-state index in [1.807, 2.05) is 25.1 Å². The van der Waals surface area contributed by atoms with Crippen LogP contribution in [-0.2, 0) is 11.2 Å². The molecule has 1 atom stereocenters. The van der Waals surface area contributed by atoms with Gasteiger partial charge < -0.3 is 16.0 Å². The van der Waals surface area contributed by atoms with Gasteiger partial charge in [0.2, 0.25) is 5.91 Å². The van der Waals surface area contributed by atoms with E-state index in [0.29, 0.717) is 18.0 Å². The van der Waals surface area contributed by atoms with Crippen LogP contribution in [0.3, 0.4) is 0 Å². The summed E-state index contributed by atoms with van der Waals surface area (Å²) in [7, 11) is 0. The topological polar surface area (TPSA) is 71.2 Å². The van der Waals surface area contributed by atoms with E-state index < -0.39 is 0 Å². The number of hydrogen-bond donors (Lipinski definition) is 2. The van der Waals surface area contributed by atoms with Gasteiger partial charge in [-0.15, -0.1) is 0 Å². The molecule has 0 aliphatic carbocycles. The lowest BCUT2D eigenvalue weighted by atomic mass is 10.0. The molecule has 3 rings (SSSR count). The molecule has 1 aromatic carbocycles. The number of hydrogen-bond acceptors (Lipinski definition) is 4. The van der Waals surface area contributed by atoms with Crippen LogP contribution in [0.25, 0.3) is 10.9 Å². The third kappa shape index (κ3) is 3.32. The number of pyridine rings is 1. The zero-order valence-electron chi connectivity index (χ0n) is 13.9. The van der Waals surface area contributed by atoms with E-state index in [2.05, 4.69) is 15.2 Å². The fraction of sp³-hybridized carbons (Fsp3) is 0.444. The molecule has 0 radical (unpaired) electrons. The second kappa shape index (κ2) is 7.36. The summed E-state index contributed by atoms with van der Waals surface area (Å²) in [6, 6.07) is 6.07. The summed E-state index contributed by atoms with van der Waals surface area (Å²) in [5, 5.41) is 4.75. The summed E-state index contributed by atoms with van der Waals surface area (Å²) in [6.07, 6.45) is 4.00. The summed E-state index contributed by atoms with van der Waals surface area (Å²) in [4.78, 5) is 18.5. The number of carbonyl (C=O) groups excluding carboxylic acids is 1. The number of anilines is 1. The maximum Gasteiger partial charge on any atom is 0.219 e. The Bertz CT molecular complexity index is 749. The van der Waals surface area contributed by atoms with Crippen molar-refractivity contribution < 1.29 is 4.79 Å². The molecule has 24 heavy (non-hydrogen) atoms. The van der Waals surface area contributed by atoms with E-state index in [4.69, 9.17) is 17.3 Å². The predicted molar refractivity (Wildman–Crippen MR) is 98.6 cm³/mol. The Labute approximate surface area is 147 Å². The van der Waals surface area contributed by atoms with E-state index in [1.54, 1.807) is 6.20 Å². The first-order valence-electron chi connectivity index (χ1n) is 8.44. The molecule has 3 N–H and O–H groups in total. The molecule has 1 unspecified atom stereocenters. The highest BCUT2D eigenvalue weighted by Gasteiger charge is 2.27. The number of nitrogens with two attached hydrogens (primary N) is 1. The van der Waals surface area contributed by atoms with Gasteiger partial charge in [0.15, 0.2) is 0 Å². The largest absolute Gasteiger partial charge is 0.367 e. The van der Waals surface area contributed by atoms with Crippen LogP contribution in [0.1, 0.15) is 25.3 Å². The minimum Gasteiger partial charge on any atom is -0.367 e. The van der Waals surface area contributed by atoms with Gasteiger partial charge in [0.1, 0.15) is 0 Å². The van der Waals surface area contributed by atoms with Crippen molar-refractivity contribution in [1.82, 2.24) is 10.3 Å². The van der Waals surface area contributed by atoms with Gasteiger partial charge in [0, 0.05) is 37.1 Å². The fourth-order valence-electron chi connectivity index (χ4n) is 3.35. The molecule has 128 valence electrons. The van der Waals surface area contributed by atoms with Crippen molar-refractivity contribution in [2.24, 2.45) is 5.73 Å². The highest BCUT2D eigenvalue weighted by molar-refractivity contribution is 6.36. The van der Waals surface area contributed by atoms with Gasteiger partial charge >= 0.3 is 0 Å². The summed E-state index contributed by atoms with van der Waals surface area (Å²) >= 11 is 6.44. The molecule has 1 aliphatic heterocycles. The van der Waals surface area contributed by atoms with Crippen molar-refractivity contribution in [1.29, 1.82) is 0 Å². The lowest BCUT2D eigenvalue weighted by Gasteiger charge is -2.24. The molecule has 1 aromatic heterocycles. The second-order valence-electron chi connectivity index (χ2n) is 6.16. The summed E-state index contributed by atoms with van der Waals surface area (Å²) < 4.78 is 0. The van der Waals surface area contributed by atoms with Crippen LogP contribution in [0.5, 0.6) is 0 Å². The molecule has 2 aromatic rings. The predicted octanol–water partition coefficient (Wildman–Crippen LogP) is 2.49. The van der Waals surface area contributed by atoms with Gasteiger partial charge in [-0.05, 0) is 43.1 Å². The molecule has 0 spiro atoms. The minimum absolute atomic E-state index is 0.100. The molecule has 1 amide bonds. The Morgan fingerprint density at radius 3 is 3.12 bits per heavy atom. The molecule has 6 heteroatoms. The average molecular weight is 347 g/mol. The van der Waals surface area contributed by atoms with Crippen LogP contribution in [-0.4, -0.2) is 36.6 Å². The van der Waals surface area contributed by atoms with Crippen molar-refractivity contribution in [3.63, 3.8) is 0 Å². The van der Waals surface area contributed by atoms with E-state index in [9.17, 15) is 4.79 Å². The van der Waals surface area contributed by atoms with Gasteiger partial charge in [-0.1, -0.05) is 18.5 Å².